The van der Waals surface area contributed by atoms with Gasteiger partial charge in [-0.1, -0.05) is 25.6 Å². The van der Waals surface area contributed by atoms with Crippen molar-refractivity contribution in [2.75, 3.05) is 48.1 Å². The Kier molecular flexibility index (Phi) is 9.06. The van der Waals surface area contributed by atoms with Crippen molar-refractivity contribution >= 4 is 5.97 Å². The number of fused-ring (bicyclic) bond motifs is 9. The number of likely N-dealkylation sites (N-methyl/N-ethyl adjacent to an activating group) is 1. The third-order valence-corrected chi connectivity index (χ3v) is 9.77. The fourth-order valence-corrected chi connectivity index (χ4v) is 8.01. The molecular formula is C35H43N3O8. The summed E-state index contributed by atoms with van der Waals surface area (Å²) in [7, 11) is 5.32. The van der Waals surface area contributed by atoms with Crippen molar-refractivity contribution in [2.24, 2.45) is 0 Å². The molecule has 4 heterocycles. The molecule has 6 rings (SSSR count). The maximum absolute atomic E-state index is 12.8. The van der Waals surface area contributed by atoms with Crippen LogP contribution in [0.2, 0.25) is 0 Å². The van der Waals surface area contributed by atoms with E-state index in [4.69, 9.17) is 33.2 Å². The minimum Gasteiger partial charge on any atom is -0.493 e. The molecule has 1 unspecified atom stereocenters. The highest BCUT2D eigenvalue weighted by Crippen LogP contribution is 2.58. The molecule has 2 aromatic carbocycles. The normalized spacial score (nSPS) is 24.2. The van der Waals surface area contributed by atoms with Gasteiger partial charge >= 0.3 is 5.97 Å². The number of piperazine rings is 1. The summed E-state index contributed by atoms with van der Waals surface area (Å²) < 4.78 is 42.0. The molecule has 0 radical (unpaired) electrons. The van der Waals surface area contributed by atoms with Gasteiger partial charge in [0, 0.05) is 47.9 Å². The standard InChI is InChI=1S/C35H43N3O8/c1-8-10-27(39)43-16-26-29-22(32(42-11-9-2)20(4)33-35(29)46-18-45-33)14-24-30-28-21(13-23(37(30)5)25(15-36)38(24)26)12-19(3)31(41-7)34(28)44-17-40-6/h9,12,23-26,30H,2,8,10-11,13-14,16-18H2,1,3-7H3/t23-,24?,25+,26+,30-/m1/s1. The predicted molar refractivity (Wildman–Crippen MR) is 169 cm³/mol. The van der Waals surface area contributed by atoms with Crippen LogP contribution in [0.15, 0.2) is 18.7 Å². The van der Waals surface area contributed by atoms with Gasteiger partial charge in [-0.05, 0) is 51.3 Å². The Hall–Kier alpha value is -3.98. The second-order valence-corrected chi connectivity index (χ2v) is 12.3. The van der Waals surface area contributed by atoms with Crippen LogP contribution in [0.3, 0.4) is 0 Å². The molecule has 11 heteroatoms. The summed E-state index contributed by atoms with van der Waals surface area (Å²) in [6.45, 7) is 10.3. The van der Waals surface area contributed by atoms with Gasteiger partial charge in [-0.3, -0.25) is 14.6 Å². The minimum absolute atomic E-state index is 0.0561. The Balaban J connectivity index is 1.59. The topological polar surface area (TPSA) is 112 Å². The molecule has 2 bridgehead atoms. The van der Waals surface area contributed by atoms with Crippen molar-refractivity contribution in [3.63, 3.8) is 0 Å². The number of carbonyl (C=O) groups excluding carboxylic acids is 1. The van der Waals surface area contributed by atoms with E-state index in [0.29, 0.717) is 61.0 Å². The van der Waals surface area contributed by atoms with Crippen molar-refractivity contribution in [3.05, 3.63) is 52.1 Å². The van der Waals surface area contributed by atoms with Crippen molar-refractivity contribution in [3.8, 4) is 34.8 Å². The maximum Gasteiger partial charge on any atom is 0.305 e. The monoisotopic (exact) mass is 633 g/mol. The van der Waals surface area contributed by atoms with Crippen LogP contribution in [0.25, 0.3) is 0 Å². The van der Waals surface area contributed by atoms with Gasteiger partial charge in [0.25, 0.3) is 0 Å². The Morgan fingerprint density at radius 1 is 1.11 bits per heavy atom. The number of benzene rings is 2. The number of ether oxygens (including phenoxy) is 7. The predicted octanol–water partition coefficient (Wildman–Crippen LogP) is 4.70. The minimum atomic E-state index is -0.509. The summed E-state index contributed by atoms with van der Waals surface area (Å²) in [4.78, 5) is 17.4. The molecule has 0 aliphatic carbocycles. The highest BCUT2D eigenvalue weighted by molar-refractivity contribution is 5.70. The third-order valence-electron chi connectivity index (χ3n) is 9.77. The Labute approximate surface area is 270 Å². The van der Waals surface area contributed by atoms with E-state index >= 15 is 0 Å². The van der Waals surface area contributed by atoms with Gasteiger partial charge in [0.2, 0.25) is 6.79 Å². The van der Waals surface area contributed by atoms with Crippen LogP contribution >= 0.6 is 0 Å². The maximum atomic E-state index is 12.8. The van der Waals surface area contributed by atoms with Crippen molar-refractivity contribution in [2.45, 2.75) is 76.7 Å². The third kappa shape index (κ3) is 5.03. The van der Waals surface area contributed by atoms with Gasteiger partial charge < -0.3 is 33.2 Å². The first-order valence-electron chi connectivity index (χ1n) is 15.9. The summed E-state index contributed by atoms with van der Waals surface area (Å²) in [5.41, 5.74) is 5.74. The largest absolute Gasteiger partial charge is 0.493 e. The van der Waals surface area contributed by atoms with Crippen molar-refractivity contribution in [1.29, 1.82) is 5.26 Å². The lowest BCUT2D eigenvalue weighted by molar-refractivity contribution is -0.149. The zero-order valence-corrected chi connectivity index (χ0v) is 27.5. The molecule has 2 aromatic rings. The first-order chi connectivity index (χ1) is 22.3. The lowest BCUT2D eigenvalue weighted by atomic mass is 9.71. The van der Waals surface area contributed by atoms with E-state index in [9.17, 15) is 10.1 Å². The second-order valence-electron chi connectivity index (χ2n) is 12.3. The number of esters is 1. The molecule has 1 saturated heterocycles. The number of nitriles is 1. The molecular weight excluding hydrogens is 590 g/mol. The molecule has 4 aliphatic heterocycles. The van der Waals surface area contributed by atoms with E-state index in [2.05, 4.69) is 35.6 Å². The Morgan fingerprint density at radius 3 is 2.59 bits per heavy atom. The van der Waals surface area contributed by atoms with Crippen LogP contribution in [0, 0.1) is 25.2 Å². The quantitative estimate of drug-likeness (QED) is 0.195. The smallest absolute Gasteiger partial charge is 0.305 e. The molecule has 0 saturated carbocycles. The molecule has 0 spiro atoms. The fourth-order valence-electron chi connectivity index (χ4n) is 8.01. The van der Waals surface area contributed by atoms with Crippen LogP contribution < -0.4 is 23.7 Å². The molecule has 0 N–H and O–H groups in total. The summed E-state index contributed by atoms with van der Waals surface area (Å²) in [5, 5.41) is 10.9. The number of aryl methyl sites for hydroxylation is 1. The van der Waals surface area contributed by atoms with Crippen LogP contribution in [0.1, 0.15) is 65.2 Å². The lowest BCUT2D eigenvalue weighted by Crippen LogP contribution is -2.68. The highest BCUT2D eigenvalue weighted by Gasteiger charge is 2.57. The number of hydrogen-bond donors (Lipinski definition) is 0. The van der Waals surface area contributed by atoms with Crippen LogP contribution in [0.4, 0.5) is 0 Å². The van der Waals surface area contributed by atoms with Crippen molar-refractivity contribution < 1.29 is 38.0 Å². The molecule has 0 aromatic heterocycles. The fraction of sp³-hybridized carbons (Fsp3) is 0.543. The van der Waals surface area contributed by atoms with Crippen LogP contribution in [-0.4, -0.2) is 82.0 Å². The number of hydrogen-bond acceptors (Lipinski definition) is 11. The van der Waals surface area contributed by atoms with Gasteiger partial charge in [0.05, 0.1) is 25.3 Å². The Bertz CT molecular complexity index is 1570. The number of rotatable bonds is 11. The molecule has 0 amide bonds. The number of carbonyl (C=O) groups is 1. The van der Waals surface area contributed by atoms with E-state index in [1.165, 1.54) is 0 Å². The van der Waals surface area contributed by atoms with Gasteiger partial charge in [0.15, 0.2) is 29.8 Å². The molecule has 246 valence electrons. The Morgan fingerprint density at radius 2 is 1.89 bits per heavy atom. The highest BCUT2D eigenvalue weighted by atomic mass is 16.7. The summed E-state index contributed by atoms with van der Waals surface area (Å²) >= 11 is 0. The first-order valence-corrected chi connectivity index (χ1v) is 15.9. The number of methoxy groups -OCH3 is 2. The van der Waals surface area contributed by atoms with E-state index in [0.717, 1.165) is 33.4 Å². The van der Waals surface area contributed by atoms with Gasteiger partial charge in [-0.15, -0.1) is 0 Å². The summed E-state index contributed by atoms with van der Waals surface area (Å²) in [5.74, 6) is 2.97. The van der Waals surface area contributed by atoms with E-state index in [1.807, 2.05) is 20.8 Å². The first kappa shape index (κ1) is 32.0. The zero-order valence-electron chi connectivity index (χ0n) is 27.5. The average Bonchev–Trinajstić information content (AvgIpc) is 3.53. The van der Waals surface area contributed by atoms with Gasteiger partial charge in [0.1, 0.15) is 25.0 Å². The zero-order chi connectivity index (χ0) is 32.7. The second kappa shape index (κ2) is 13.0. The SMILES string of the molecule is C=CCOc1c(C)c2c(c3c1CC1[C@@H]4c5c(cc(C)c(OC)c5OCOC)C[C@H]([C@H](C#N)N1[C@H]3COC(=O)CCC)N4C)OCO2. The summed E-state index contributed by atoms with van der Waals surface area (Å²) in [6, 6.07) is 3.26. The van der Waals surface area contributed by atoms with Crippen LogP contribution in [0.5, 0.6) is 28.7 Å². The molecule has 4 aliphatic rings. The lowest BCUT2D eigenvalue weighted by Gasteiger charge is -2.60. The van der Waals surface area contributed by atoms with E-state index < -0.39 is 12.1 Å². The van der Waals surface area contributed by atoms with Crippen LogP contribution in [-0.2, 0) is 27.1 Å². The molecule has 11 nitrogen and oxygen atoms in total. The summed E-state index contributed by atoms with van der Waals surface area (Å²) in [6.07, 6.45) is 3.87. The average molecular weight is 634 g/mol. The van der Waals surface area contributed by atoms with Crippen molar-refractivity contribution in [1.82, 2.24) is 9.80 Å². The molecule has 1 fully saturated rings. The van der Waals surface area contributed by atoms with Gasteiger partial charge in [-0.25, -0.2) is 0 Å². The molecule has 46 heavy (non-hydrogen) atoms. The van der Waals surface area contributed by atoms with E-state index in [-0.39, 0.29) is 44.3 Å². The van der Waals surface area contributed by atoms with Gasteiger partial charge in [-0.2, -0.15) is 5.26 Å². The number of nitrogens with zero attached hydrogens (tertiary/aromatic N) is 3. The van der Waals surface area contributed by atoms with E-state index in [1.54, 1.807) is 20.3 Å². The molecule has 5 atom stereocenters.